The highest BCUT2D eigenvalue weighted by Crippen LogP contribution is 2.36. The summed E-state index contributed by atoms with van der Waals surface area (Å²) in [5.41, 5.74) is 3.35. The van der Waals surface area contributed by atoms with Gasteiger partial charge in [0.15, 0.2) is 0 Å². The van der Waals surface area contributed by atoms with Crippen LogP contribution in [0.2, 0.25) is 0 Å². The average Bonchev–Trinajstić information content (AvgIpc) is 2.68. The van der Waals surface area contributed by atoms with Gasteiger partial charge >= 0.3 is 0 Å². The SMILES string of the molecule is CC(C)(C)c1cc(Pc2ccccc2/C=N/N2CCCCC2)c(O)c(C(C)(C)C)c1. The van der Waals surface area contributed by atoms with Crippen LogP contribution in [0.3, 0.4) is 0 Å². The summed E-state index contributed by atoms with van der Waals surface area (Å²) in [6, 6.07) is 12.8. The van der Waals surface area contributed by atoms with Gasteiger partial charge in [0, 0.05) is 29.5 Å². The van der Waals surface area contributed by atoms with Crippen LogP contribution in [0.5, 0.6) is 5.75 Å². The zero-order chi connectivity index (χ0) is 21.9. The van der Waals surface area contributed by atoms with Crippen molar-refractivity contribution in [3.8, 4) is 5.75 Å². The molecule has 1 fully saturated rings. The number of benzene rings is 2. The third kappa shape index (κ3) is 5.64. The quantitative estimate of drug-likeness (QED) is 0.524. The molecule has 2 aromatic carbocycles. The fourth-order valence-corrected chi connectivity index (χ4v) is 4.98. The summed E-state index contributed by atoms with van der Waals surface area (Å²) >= 11 is 0. The van der Waals surface area contributed by atoms with Crippen molar-refractivity contribution in [3.05, 3.63) is 53.1 Å². The van der Waals surface area contributed by atoms with Crippen LogP contribution in [0.25, 0.3) is 0 Å². The van der Waals surface area contributed by atoms with E-state index in [0.717, 1.165) is 29.5 Å². The predicted molar refractivity (Wildman–Crippen MR) is 133 cm³/mol. The Balaban J connectivity index is 1.97. The molecule has 0 bridgehead atoms. The fraction of sp³-hybridized carbons (Fsp3) is 0.500. The number of rotatable bonds is 4. The molecule has 0 aliphatic carbocycles. The van der Waals surface area contributed by atoms with Crippen molar-refractivity contribution in [2.75, 3.05) is 13.1 Å². The van der Waals surface area contributed by atoms with Gasteiger partial charge in [-0.25, -0.2) is 0 Å². The molecule has 3 rings (SSSR count). The highest BCUT2D eigenvalue weighted by Gasteiger charge is 2.25. The zero-order valence-electron chi connectivity index (χ0n) is 19.4. The Morgan fingerprint density at radius 2 is 1.57 bits per heavy atom. The van der Waals surface area contributed by atoms with Crippen molar-refractivity contribution in [1.29, 1.82) is 0 Å². The Hall–Kier alpha value is -1.86. The summed E-state index contributed by atoms with van der Waals surface area (Å²) in [7, 11) is 0.385. The van der Waals surface area contributed by atoms with Crippen molar-refractivity contribution >= 4 is 25.4 Å². The van der Waals surface area contributed by atoms with E-state index < -0.39 is 0 Å². The molecule has 1 unspecified atom stereocenters. The van der Waals surface area contributed by atoms with Crippen LogP contribution >= 0.6 is 8.58 Å². The largest absolute Gasteiger partial charge is 0.507 e. The summed E-state index contributed by atoms with van der Waals surface area (Å²) in [6.07, 6.45) is 5.76. The molecule has 162 valence electrons. The van der Waals surface area contributed by atoms with E-state index in [9.17, 15) is 5.11 Å². The molecular weight excluding hydrogens is 387 g/mol. The van der Waals surface area contributed by atoms with Crippen LogP contribution in [0.4, 0.5) is 0 Å². The monoisotopic (exact) mass is 424 g/mol. The molecule has 1 atom stereocenters. The average molecular weight is 425 g/mol. The smallest absolute Gasteiger partial charge is 0.127 e. The molecule has 1 N–H and O–H groups in total. The van der Waals surface area contributed by atoms with Gasteiger partial charge in [0.05, 0.1) is 6.21 Å². The van der Waals surface area contributed by atoms with Gasteiger partial charge in [0.1, 0.15) is 5.75 Å². The number of hydrogen-bond acceptors (Lipinski definition) is 3. The molecule has 4 heteroatoms. The molecule has 0 radical (unpaired) electrons. The van der Waals surface area contributed by atoms with Crippen molar-refractivity contribution < 1.29 is 5.11 Å². The van der Waals surface area contributed by atoms with Gasteiger partial charge in [-0.2, -0.15) is 5.10 Å². The molecular formula is C26H37N2OP. The number of aromatic hydroxyl groups is 1. The normalized spacial score (nSPS) is 16.1. The van der Waals surface area contributed by atoms with Gasteiger partial charge in [0.25, 0.3) is 0 Å². The molecule has 30 heavy (non-hydrogen) atoms. The molecule has 0 spiro atoms. The van der Waals surface area contributed by atoms with Crippen LogP contribution in [0.1, 0.15) is 77.5 Å². The molecule has 0 saturated carbocycles. The molecule has 1 aliphatic heterocycles. The lowest BCUT2D eigenvalue weighted by Gasteiger charge is -2.27. The van der Waals surface area contributed by atoms with E-state index >= 15 is 0 Å². The molecule has 2 aromatic rings. The highest BCUT2D eigenvalue weighted by molar-refractivity contribution is 7.56. The second kappa shape index (κ2) is 9.10. The minimum absolute atomic E-state index is 0.0299. The lowest BCUT2D eigenvalue weighted by molar-refractivity contribution is 0.240. The Bertz CT molecular complexity index is 900. The second-order valence-corrected chi connectivity index (χ2v) is 11.7. The van der Waals surface area contributed by atoms with E-state index in [1.165, 1.54) is 30.1 Å². The first-order chi connectivity index (χ1) is 14.1. The molecule has 1 aliphatic rings. The van der Waals surface area contributed by atoms with E-state index in [1.54, 1.807) is 0 Å². The maximum absolute atomic E-state index is 11.2. The van der Waals surface area contributed by atoms with E-state index in [4.69, 9.17) is 5.10 Å². The number of hydrogen-bond donors (Lipinski definition) is 1. The summed E-state index contributed by atoms with van der Waals surface area (Å²) in [4.78, 5) is 0. The van der Waals surface area contributed by atoms with Crippen LogP contribution in [-0.4, -0.2) is 29.4 Å². The minimum Gasteiger partial charge on any atom is -0.507 e. The summed E-state index contributed by atoms with van der Waals surface area (Å²) in [5, 5.41) is 20.3. The fourth-order valence-electron chi connectivity index (χ4n) is 3.74. The topological polar surface area (TPSA) is 35.8 Å². The Labute approximate surface area is 184 Å². The van der Waals surface area contributed by atoms with Gasteiger partial charge in [-0.05, 0) is 47.0 Å². The first kappa shape index (κ1) is 22.8. The van der Waals surface area contributed by atoms with Gasteiger partial charge in [-0.15, -0.1) is 0 Å². The van der Waals surface area contributed by atoms with Crippen LogP contribution in [0.15, 0.2) is 41.5 Å². The summed E-state index contributed by atoms with van der Waals surface area (Å²) < 4.78 is 0. The molecule has 1 heterocycles. The van der Waals surface area contributed by atoms with Gasteiger partial charge in [-0.1, -0.05) is 80.5 Å². The van der Waals surface area contributed by atoms with E-state index in [2.05, 4.69) is 82.9 Å². The third-order valence-corrected chi connectivity index (χ3v) is 7.08. The van der Waals surface area contributed by atoms with Gasteiger partial charge in [0.2, 0.25) is 0 Å². The number of nitrogens with zero attached hydrogens (tertiary/aromatic N) is 2. The van der Waals surface area contributed by atoms with Gasteiger partial charge in [-0.3, -0.25) is 5.01 Å². The first-order valence-corrected chi connectivity index (χ1v) is 12.1. The molecule has 0 aromatic heterocycles. The van der Waals surface area contributed by atoms with Crippen molar-refractivity contribution in [1.82, 2.24) is 5.01 Å². The summed E-state index contributed by atoms with van der Waals surface area (Å²) in [6.45, 7) is 15.3. The van der Waals surface area contributed by atoms with E-state index in [-0.39, 0.29) is 10.8 Å². The highest BCUT2D eigenvalue weighted by atomic mass is 31.1. The minimum atomic E-state index is -0.111. The lowest BCUT2D eigenvalue weighted by Crippen LogP contribution is -2.25. The maximum Gasteiger partial charge on any atom is 0.127 e. The third-order valence-electron chi connectivity index (χ3n) is 5.71. The van der Waals surface area contributed by atoms with E-state index in [1.807, 2.05) is 6.21 Å². The van der Waals surface area contributed by atoms with Crippen LogP contribution in [0, 0.1) is 0 Å². The van der Waals surface area contributed by atoms with E-state index in [0.29, 0.717) is 14.3 Å². The molecule has 0 amide bonds. The molecule has 1 saturated heterocycles. The molecule has 3 nitrogen and oxygen atoms in total. The Morgan fingerprint density at radius 1 is 0.900 bits per heavy atom. The number of phenols is 1. The zero-order valence-corrected chi connectivity index (χ0v) is 20.4. The number of piperidine rings is 1. The van der Waals surface area contributed by atoms with Crippen molar-refractivity contribution in [3.63, 3.8) is 0 Å². The number of phenolic OH excluding ortho intramolecular Hbond substituents is 1. The lowest BCUT2D eigenvalue weighted by atomic mass is 9.80. The predicted octanol–water partition coefficient (Wildman–Crippen LogP) is 5.44. The van der Waals surface area contributed by atoms with Crippen molar-refractivity contribution in [2.24, 2.45) is 5.10 Å². The summed E-state index contributed by atoms with van der Waals surface area (Å²) in [5.74, 6) is 0.441. The van der Waals surface area contributed by atoms with Crippen molar-refractivity contribution in [2.45, 2.75) is 71.6 Å². The number of hydrazone groups is 1. The maximum atomic E-state index is 11.2. The first-order valence-electron chi connectivity index (χ1n) is 11.1. The van der Waals surface area contributed by atoms with Crippen LogP contribution < -0.4 is 10.6 Å². The van der Waals surface area contributed by atoms with Gasteiger partial charge < -0.3 is 5.11 Å². The second-order valence-electron chi connectivity index (χ2n) is 10.4. The Kier molecular flexibility index (Phi) is 6.92. The Morgan fingerprint density at radius 3 is 2.20 bits per heavy atom. The standard InChI is InChI=1S/C26H37N2OP/c1-25(2,3)20-16-21(26(4,5)6)24(29)23(17-20)30-22-13-9-8-12-19(22)18-27-28-14-10-7-11-15-28/h8-9,12-13,16-18,29-30H,7,10-11,14-15H2,1-6H3/b27-18+. The van der Waals surface area contributed by atoms with Crippen LogP contribution in [-0.2, 0) is 10.8 Å².